The first-order chi connectivity index (χ1) is 12.1. The summed E-state index contributed by atoms with van der Waals surface area (Å²) in [5, 5.41) is 0.797. The fraction of sp³-hybridized carbons (Fsp3) is 0.316. The van der Waals surface area contributed by atoms with Crippen molar-refractivity contribution in [3.63, 3.8) is 0 Å². The lowest BCUT2D eigenvalue weighted by Crippen LogP contribution is -2.32. The molecule has 0 saturated carbocycles. The van der Waals surface area contributed by atoms with Crippen molar-refractivity contribution in [1.29, 1.82) is 0 Å². The summed E-state index contributed by atoms with van der Waals surface area (Å²) in [4.78, 5) is 14.3. The average Bonchev–Trinajstić information content (AvgIpc) is 3.01. The number of rotatable bonds is 5. The van der Waals surface area contributed by atoms with Gasteiger partial charge in [0.05, 0.1) is 18.1 Å². The largest absolute Gasteiger partial charge is 0.491 e. The summed E-state index contributed by atoms with van der Waals surface area (Å²) in [5.41, 5.74) is 7.41. The third-order valence-corrected chi connectivity index (χ3v) is 5.24. The predicted molar refractivity (Wildman–Crippen MR) is 100 cm³/mol. The van der Waals surface area contributed by atoms with E-state index in [9.17, 15) is 4.79 Å². The Morgan fingerprint density at radius 2 is 1.88 bits per heavy atom. The molecule has 0 aliphatic carbocycles. The molecule has 3 rings (SSSR count). The number of ether oxygens (including phenoxy) is 1. The lowest BCUT2D eigenvalue weighted by Gasteiger charge is -2.17. The van der Waals surface area contributed by atoms with E-state index in [4.69, 9.17) is 33.7 Å². The molecule has 1 amide bonds. The van der Waals surface area contributed by atoms with Gasteiger partial charge >= 0.3 is 0 Å². The molecule has 6 heteroatoms. The molecular formula is C19H20Cl2N2O2. The van der Waals surface area contributed by atoms with Crippen molar-refractivity contribution in [2.75, 3.05) is 19.7 Å². The van der Waals surface area contributed by atoms with Gasteiger partial charge in [0.25, 0.3) is 0 Å². The fourth-order valence-electron chi connectivity index (χ4n) is 3.09. The molecule has 0 unspecified atom stereocenters. The van der Waals surface area contributed by atoms with Crippen molar-refractivity contribution in [1.82, 2.24) is 4.90 Å². The minimum Gasteiger partial charge on any atom is -0.491 e. The van der Waals surface area contributed by atoms with Gasteiger partial charge in [-0.25, -0.2) is 0 Å². The molecule has 1 saturated heterocycles. The van der Waals surface area contributed by atoms with Crippen LogP contribution in [0.2, 0.25) is 10.0 Å². The summed E-state index contributed by atoms with van der Waals surface area (Å²) in [6, 6.07) is 15.2. The van der Waals surface area contributed by atoms with Crippen LogP contribution < -0.4 is 10.5 Å². The second kappa shape index (κ2) is 8.09. The SMILES string of the molecule is N[C@@H]1CN(C(=O)CCOc2cccc(Cl)c2Cl)C[C@H]1c1ccccc1. The van der Waals surface area contributed by atoms with Crippen LogP contribution in [0.3, 0.4) is 0 Å². The molecule has 132 valence electrons. The van der Waals surface area contributed by atoms with Crippen molar-refractivity contribution in [2.24, 2.45) is 5.73 Å². The first kappa shape index (κ1) is 18.1. The molecule has 2 aromatic rings. The van der Waals surface area contributed by atoms with Crippen LogP contribution in [-0.4, -0.2) is 36.5 Å². The lowest BCUT2D eigenvalue weighted by atomic mass is 9.95. The number of halogens is 2. The number of nitrogens with two attached hydrogens (primary N) is 1. The molecule has 2 N–H and O–H groups in total. The number of carbonyl (C=O) groups is 1. The first-order valence-electron chi connectivity index (χ1n) is 8.21. The van der Waals surface area contributed by atoms with Crippen LogP contribution >= 0.6 is 23.2 Å². The van der Waals surface area contributed by atoms with E-state index in [0.29, 0.717) is 28.9 Å². The van der Waals surface area contributed by atoms with Gasteiger partial charge in [-0.15, -0.1) is 0 Å². The van der Waals surface area contributed by atoms with E-state index in [1.807, 2.05) is 23.1 Å². The third-order valence-electron chi connectivity index (χ3n) is 4.44. The summed E-state index contributed by atoms with van der Waals surface area (Å²) in [6.45, 7) is 1.46. The number of carbonyl (C=O) groups excluding carboxylic acids is 1. The highest BCUT2D eigenvalue weighted by Gasteiger charge is 2.33. The van der Waals surface area contributed by atoms with Gasteiger partial charge in [-0.2, -0.15) is 0 Å². The van der Waals surface area contributed by atoms with E-state index in [-0.39, 0.29) is 30.9 Å². The molecule has 1 heterocycles. The maximum atomic E-state index is 12.4. The van der Waals surface area contributed by atoms with Gasteiger partial charge in [0.1, 0.15) is 10.8 Å². The molecule has 1 aliphatic rings. The van der Waals surface area contributed by atoms with Crippen LogP contribution in [0.25, 0.3) is 0 Å². The molecule has 2 aromatic carbocycles. The summed E-state index contributed by atoms with van der Waals surface area (Å²) in [6.07, 6.45) is 0.275. The highest BCUT2D eigenvalue weighted by atomic mass is 35.5. The Morgan fingerprint density at radius 1 is 1.12 bits per heavy atom. The van der Waals surface area contributed by atoms with Gasteiger partial charge in [0, 0.05) is 25.0 Å². The number of hydrogen-bond donors (Lipinski definition) is 1. The summed E-state index contributed by atoms with van der Waals surface area (Å²) >= 11 is 12.0. The van der Waals surface area contributed by atoms with Crippen LogP contribution in [0.4, 0.5) is 0 Å². The van der Waals surface area contributed by atoms with Gasteiger partial charge in [-0.3, -0.25) is 4.79 Å². The summed E-state index contributed by atoms with van der Waals surface area (Å²) in [5.74, 6) is 0.697. The van der Waals surface area contributed by atoms with Gasteiger partial charge in [0.2, 0.25) is 5.91 Å². The number of likely N-dealkylation sites (tertiary alicyclic amines) is 1. The molecule has 25 heavy (non-hydrogen) atoms. The molecule has 0 spiro atoms. The van der Waals surface area contributed by atoms with E-state index in [1.54, 1.807) is 18.2 Å². The first-order valence-corrected chi connectivity index (χ1v) is 8.97. The Bertz CT molecular complexity index is 739. The molecule has 1 aliphatic heterocycles. The topological polar surface area (TPSA) is 55.6 Å². The van der Waals surface area contributed by atoms with Crippen LogP contribution in [0.1, 0.15) is 17.9 Å². The molecular weight excluding hydrogens is 359 g/mol. The summed E-state index contributed by atoms with van der Waals surface area (Å²) in [7, 11) is 0. The zero-order chi connectivity index (χ0) is 17.8. The predicted octanol–water partition coefficient (Wildman–Crippen LogP) is 3.72. The van der Waals surface area contributed by atoms with Crippen molar-refractivity contribution in [3.05, 3.63) is 64.1 Å². The minimum atomic E-state index is -0.0466. The fourth-order valence-corrected chi connectivity index (χ4v) is 3.43. The highest BCUT2D eigenvalue weighted by Crippen LogP contribution is 2.31. The van der Waals surface area contributed by atoms with Gasteiger partial charge in [0.15, 0.2) is 0 Å². The van der Waals surface area contributed by atoms with E-state index in [2.05, 4.69) is 12.1 Å². The van der Waals surface area contributed by atoms with E-state index < -0.39 is 0 Å². The van der Waals surface area contributed by atoms with Gasteiger partial charge in [-0.1, -0.05) is 59.6 Å². The molecule has 0 radical (unpaired) electrons. The molecule has 1 fully saturated rings. The number of hydrogen-bond acceptors (Lipinski definition) is 3. The third kappa shape index (κ3) is 4.27. The second-order valence-electron chi connectivity index (χ2n) is 6.13. The summed E-state index contributed by atoms with van der Waals surface area (Å²) < 4.78 is 5.59. The maximum absolute atomic E-state index is 12.4. The Morgan fingerprint density at radius 3 is 2.64 bits per heavy atom. The van der Waals surface area contributed by atoms with Crippen LogP contribution in [0, 0.1) is 0 Å². The smallest absolute Gasteiger partial charge is 0.226 e. The minimum absolute atomic E-state index is 0.0343. The second-order valence-corrected chi connectivity index (χ2v) is 6.92. The van der Waals surface area contributed by atoms with Crippen molar-refractivity contribution in [3.8, 4) is 5.75 Å². The van der Waals surface area contributed by atoms with Gasteiger partial charge < -0.3 is 15.4 Å². The Balaban J connectivity index is 1.53. The van der Waals surface area contributed by atoms with E-state index >= 15 is 0 Å². The normalized spacial score (nSPS) is 19.9. The molecule has 0 aromatic heterocycles. The van der Waals surface area contributed by atoms with E-state index in [0.717, 1.165) is 0 Å². The number of amides is 1. The molecule has 2 atom stereocenters. The Labute approximate surface area is 157 Å². The highest BCUT2D eigenvalue weighted by molar-refractivity contribution is 6.42. The lowest BCUT2D eigenvalue weighted by molar-refractivity contribution is -0.130. The standard InChI is InChI=1S/C19H20Cl2N2O2/c20-15-7-4-8-17(19(15)21)25-10-9-18(24)23-11-14(16(22)12-23)13-5-2-1-3-6-13/h1-8,14,16H,9-12,22H2/t14-,16+/m0/s1. The molecule has 0 bridgehead atoms. The Hall–Kier alpha value is -1.75. The zero-order valence-electron chi connectivity index (χ0n) is 13.7. The van der Waals surface area contributed by atoms with Crippen LogP contribution in [0.5, 0.6) is 5.75 Å². The maximum Gasteiger partial charge on any atom is 0.226 e. The van der Waals surface area contributed by atoms with Crippen molar-refractivity contribution >= 4 is 29.1 Å². The number of nitrogens with zero attached hydrogens (tertiary/aromatic N) is 1. The van der Waals surface area contributed by atoms with Gasteiger partial charge in [-0.05, 0) is 17.7 Å². The van der Waals surface area contributed by atoms with Crippen molar-refractivity contribution in [2.45, 2.75) is 18.4 Å². The van der Waals surface area contributed by atoms with Crippen LogP contribution in [0.15, 0.2) is 48.5 Å². The van der Waals surface area contributed by atoms with Crippen molar-refractivity contribution < 1.29 is 9.53 Å². The quantitative estimate of drug-likeness (QED) is 0.862. The van der Waals surface area contributed by atoms with E-state index in [1.165, 1.54) is 5.56 Å². The zero-order valence-corrected chi connectivity index (χ0v) is 15.2. The molecule has 4 nitrogen and oxygen atoms in total. The Kier molecular flexibility index (Phi) is 5.84. The van der Waals surface area contributed by atoms with Crippen LogP contribution in [-0.2, 0) is 4.79 Å². The average molecular weight is 379 g/mol. The monoisotopic (exact) mass is 378 g/mol. The number of benzene rings is 2.